The number of carbonyl (C=O) groups excluding carboxylic acids is 2. The van der Waals surface area contributed by atoms with E-state index in [4.69, 9.17) is 0 Å². The van der Waals surface area contributed by atoms with Crippen LogP contribution in [0.5, 0.6) is 0 Å². The van der Waals surface area contributed by atoms with Crippen LogP contribution in [0.15, 0.2) is 30.3 Å². The van der Waals surface area contributed by atoms with Crippen LogP contribution in [0.2, 0.25) is 0 Å². The third-order valence-corrected chi connectivity index (χ3v) is 3.04. The maximum atomic E-state index is 12.1. The van der Waals surface area contributed by atoms with Crippen LogP contribution in [0.4, 0.5) is 10.5 Å². The Morgan fingerprint density at radius 3 is 2.68 bits per heavy atom. The van der Waals surface area contributed by atoms with E-state index < -0.39 is 24.1 Å². The van der Waals surface area contributed by atoms with Crippen LogP contribution in [0.3, 0.4) is 0 Å². The summed E-state index contributed by atoms with van der Waals surface area (Å²) in [6.07, 6.45) is -0.500. The summed E-state index contributed by atoms with van der Waals surface area (Å²) in [5, 5.41) is 12.3. The molecule has 1 aliphatic heterocycles. The number of likely N-dealkylation sites (tertiary alicyclic amines) is 1. The molecule has 102 valence electrons. The minimum absolute atomic E-state index is 0.123. The summed E-state index contributed by atoms with van der Waals surface area (Å²) in [5.41, 5.74) is 0.637. The monoisotopic (exact) mass is 264 g/mol. The molecule has 6 heteroatoms. The second kappa shape index (κ2) is 5.71. The van der Waals surface area contributed by atoms with Crippen molar-refractivity contribution in [3.8, 4) is 0 Å². The topological polar surface area (TPSA) is 78.9 Å². The van der Waals surface area contributed by atoms with E-state index in [9.17, 15) is 14.7 Å². The zero-order valence-corrected chi connectivity index (χ0v) is 10.6. The van der Waals surface area contributed by atoms with Gasteiger partial charge < -0.3 is 20.1 Å². The van der Waals surface area contributed by atoms with E-state index in [1.165, 1.54) is 12.0 Å². The average molecular weight is 264 g/mol. The fourth-order valence-electron chi connectivity index (χ4n) is 2.11. The van der Waals surface area contributed by atoms with E-state index in [-0.39, 0.29) is 13.0 Å². The zero-order valence-electron chi connectivity index (χ0n) is 10.6. The fourth-order valence-corrected chi connectivity index (χ4v) is 2.11. The van der Waals surface area contributed by atoms with Crippen LogP contribution in [-0.4, -0.2) is 47.8 Å². The first-order valence-electron chi connectivity index (χ1n) is 6.00. The number of hydrogen-bond acceptors (Lipinski definition) is 4. The average Bonchev–Trinajstić information content (AvgIpc) is 2.81. The number of rotatable bonds is 2. The molecule has 2 N–H and O–H groups in total. The molecule has 0 spiro atoms. The lowest BCUT2D eigenvalue weighted by atomic mass is 10.2. The van der Waals surface area contributed by atoms with E-state index >= 15 is 0 Å². The molecular weight excluding hydrogens is 248 g/mol. The van der Waals surface area contributed by atoms with Crippen molar-refractivity contribution in [3.05, 3.63) is 30.3 Å². The van der Waals surface area contributed by atoms with E-state index in [0.29, 0.717) is 5.69 Å². The number of para-hydroxylation sites is 1. The highest BCUT2D eigenvalue weighted by molar-refractivity contribution is 5.93. The maximum Gasteiger partial charge on any atom is 0.328 e. The van der Waals surface area contributed by atoms with Gasteiger partial charge in [0.05, 0.1) is 13.2 Å². The Morgan fingerprint density at radius 1 is 1.37 bits per heavy atom. The number of anilines is 1. The Labute approximate surface area is 111 Å². The highest BCUT2D eigenvalue weighted by Gasteiger charge is 2.39. The van der Waals surface area contributed by atoms with Gasteiger partial charge in [-0.05, 0) is 12.1 Å². The van der Waals surface area contributed by atoms with Crippen molar-refractivity contribution in [1.29, 1.82) is 0 Å². The molecule has 19 heavy (non-hydrogen) atoms. The van der Waals surface area contributed by atoms with Crippen molar-refractivity contribution < 1.29 is 19.4 Å². The molecule has 0 aromatic heterocycles. The van der Waals surface area contributed by atoms with Gasteiger partial charge in [0.25, 0.3) is 0 Å². The van der Waals surface area contributed by atoms with Gasteiger partial charge in [-0.2, -0.15) is 0 Å². The molecule has 1 fully saturated rings. The number of aliphatic hydroxyl groups excluding tert-OH is 1. The number of hydrogen-bond donors (Lipinski definition) is 2. The summed E-state index contributed by atoms with van der Waals surface area (Å²) in [4.78, 5) is 25.0. The van der Waals surface area contributed by atoms with Gasteiger partial charge in [-0.1, -0.05) is 18.2 Å². The van der Waals surface area contributed by atoms with Gasteiger partial charge in [-0.3, -0.25) is 0 Å². The van der Waals surface area contributed by atoms with E-state index in [0.717, 1.165) is 0 Å². The lowest BCUT2D eigenvalue weighted by Crippen LogP contribution is -2.43. The predicted octanol–water partition coefficient (Wildman–Crippen LogP) is 0.827. The van der Waals surface area contributed by atoms with Gasteiger partial charge in [0.1, 0.15) is 6.04 Å². The summed E-state index contributed by atoms with van der Waals surface area (Å²) in [6.45, 7) is 0.123. The molecule has 1 saturated heterocycles. The van der Waals surface area contributed by atoms with Gasteiger partial charge in [-0.15, -0.1) is 0 Å². The van der Waals surface area contributed by atoms with Crippen molar-refractivity contribution in [2.75, 3.05) is 19.0 Å². The van der Waals surface area contributed by atoms with Crippen molar-refractivity contribution in [3.63, 3.8) is 0 Å². The lowest BCUT2D eigenvalue weighted by molar-refractivity contribution is -0.144. The fraction of sp³-hybridized carbons (Fsp3) is 0.385. The molecule has 2 rings (SSSR count). The number of β-amino-alcohol motifs (C(OH)–C–C–N with tert-alkyl or cyclic N) is 1. The third-order valence-electron chi connectivity index (χ3n) is 3.04. The maximum absolute atomic E-state index is 12.1. The number of esters is 1. The minimum Gasteiger partial charge on any atom is -0.467 e. The first kappa shape index (κ1) is 13.4. The van der Waals surface area contributed by atoms with Crippen LogP contribution >= 0.6 is 0 Å². The summed E-state index contributed by atoms with van der Waals surface area (Å²) in [6, 6.07) is 7.78. The van der Waals surface area contributed by atoms with E-state index in [2.05, 4.69) is 10.1 Å². The molecule has 0 aliphatic carbocycles. The van der Waals surface area contributed by atoms with Crippen molar-refractivity contribution in [1.82, 2.24) is 4.90 Å². The lowest BCUT2D eigenvalue weighted by Gasteiger charge is -2.22. The molecule has 1 heterocycles. The standard InChI is InChI=1S/C13H16N2O4/c1-19-12(17)11-7-10(16)8-15(11)13(18)14-9-5-3-2-4-6-9/h2-6,10-11,16H,7-8H2,1H3,(H,14,18)/t10-,11-/m0/s1. The van der Waals surface area contributed by atoms with Crippen LogP contribution < -0.4 is 5.32 Å². The number of amides is 2. The normalized spacial score (nSPS) is 22.1. The SMILES string of the molecule is COC(=O)[C@@H]1C[C@H](O)CN1C(=O)Nc1ccccc1. The third kappa shape index (κ3) is 3.03. The van der Waals surface area contributed by atoms with Crippen LogP contribution in [-0.2, 0) is 9.53 Å². The number of aliphatic hydroxyl groups is 1. The minimum atomic E-state index is -0.733. The van der Waals surface area contributed by atoms with Crippen molar-refractivity contribution in [2.24, 2.45) is 0 Å². The molecule has 6 nitrogen and oxygen atoms in total. The molecule has 0 saturated carbocycles. The Balaban J connectivity index is 2.07. The highest BCUT2D eigenvalue weighted by Crippen LogP contribution is 2.20. The number of methoxy groups -OCH3 is 1. The van der Waals surface area contributed by atoms with Gasteiger partial charge in [0.2, 0.25) is 0 Å². The van der Waals surface area contributed by atoms with Gasteiger partial charge >= 0.3 is 12.0 Å². The molecular formula is C13H16N2O4. The number of urea groups is 1. The van der Waals surface area contributed by atoms with Crippen LogP contribution in [0.25, 0.3) is 0 Å². The number of benzene rings is 1. The Hall–Kier alpha value is -2.08. The Kier molecular flexibility index (Phi) is 4.01. The Bertz CT molecular complexity index is 463. The molecule has 1 aliphatic rings. The number of ether oxygens (including phenoxy) is 1. The number of nitrogens with one attached hydrogen (secondary N) is 1. The quantitative estimate of drug-likeness (QED) is 0.775. The van der Waals surface area contributed by atoms with Crippen LogP contribution in [0.1, 0.15) is 6.42 Å². The molecule has 2 atom stereocenters. The van der Waals surface area contributed by atoms with Gasteiger partial charge in [0, 0.05) is 18.7 Å². The largest absolute Gasteiger partial charge is 0.467 e. The summed E-state index contributed by atoms with van der Waals surface area (Å²) in [5.74, 6) is -0.514. The van der Waals surface area contributed by atoms with Crippen LogP contribution in [0, 0.1) is 0 Å². The first-order chi connectivity index (χ1) is 9.11. The molecule has 1 aromatic carbocycles. The highest BCUT2D eigenvalue weighted by atomic mass is 16.5. The smallest absolute Gasteiger partial charge is 0.328 e. The van der Waals surface area contributed by atoms with E-state index in [1.807, 2.05) is 6.07 Å². The number of nitrogens with zero attached hydrogens (tertiary/aromatic N) is 1. The number of carbonyl (C=O) groups is 2. The van der Waals surface area contributed by atoms with Gasteiger partial charge in [0.15, 0.2) is 0 Å². The molecule has 1 aromatic rings. The molecule has 0 unspecified atom stereocenters. The van der Waals surface area contributed by atoms with Crippen molar-refractivity contribution in [2.45, 2.75) is 18.6 Å². The van der Waals surface area contributed by atoms with E-state index in [1.54, 1.807) is 24.3 Å². The first-order valence-corrected chi connectivity index (χ1v) is 6.00. The summed E-state index contributed by atoms with van der Waals surface area (Å²) in [7, 11) is 1.26. The summed E-state index contributed by atoms with van der Waals surface area (Å²) >= 11 is 0. The molecule has 2 amide bonds. The predicted molar refractivity (Wildman–Crippen MR) is 68.6 cm³/mol. The van der Waals surface area contributed by atoms with Crippen molar-refractivity contribution >= 4 is 17.7 Å². The Morgan fingerprint density at radius 2 is 2.05 bits per heavy atom. The van der Waals surface area contributed by atoms with Gasteiger partial charge in [-0.25, -0.2) is 9.59 Å². The second-order valence-electron chi connectivity index (χ2n) is 4.38. The second-order valence-corrected chi connectivity index (χ2v) is 4.38. The molecule has 0 bridgehead atoms. The zero-order chi connectivity index (χ0) is 13.8. The molecule has 0 radical (unpaired) electrons. The summed E-state index contributed by atoms with van der Waals surface area (Å²) < 4.78 is 4.64.